The lowest BCUT2D eigenvalue weighted by atomic mass is 9.85. The average molecular weight is 390 g/mol. The molecular formula is C23H22N2O4. The van der Waals surface area contributed by atoms with Gasteiger partial charge in [-0.15, -0.1) is 0 Å². The Kier molecular flexibility index (Phi) is 5.42. The van der Waals surface area contributed by atoms with Gasteiger partial charge in [0.2, 0.25) is 17.7 Å². The van der Waals surface area contributed by atoms with E-state index >= 15 is 0 Å². The summed E-state index contributed by atoms with van der Waals surface area (Å²) in [5.41, 5.74) is 0.540. The van der Waals surface area contributed by atoms with Crippen LogP contribution in [0.2, 0.25) is 0 Å². The molecule has 3 amide bonds. The van der Waals surface area contributed by atoms with Gasteiger partial charge in [-0.2, -0.15) is 0 Å². The molecule has 4 rings (SSSR count). The van der Waals surface area contributed by atoms with Crippen LogP contribution in [0.4, 0.5) is 5.69 Å². The highest BCUT2D eigenvalue weighted by Crippen LogP contribution is 2.35. The molecule has 6 heteroatoms. The minimum absolute atomic E-state index is 0.0457. The molecule has 1 saturated heterocycles. The number of allylic oxidation sites excluding steroid dienone is 2. The Morgan fingerprint density at radius 2 is 1.55 bits per heavy atom. The Labute approximate surface area is 169 Å². The first kappa shape index (κ1) is 18.9. The summed E-state index contributed by atoms with van der Waals surface area (Å²) in [6.45, 7) is 0.0954. The number of nitrogens with zero attached hydrogens (tertiary/aromatic N) is 1. The Hall–Kier alpha value is -3.41. The van der Waals surface area contributed by atoms with Crippen LogP contribution < -0.4 is 10.1 Å². The van der Waals surface area contributed by atoms with Crippen LogP contribution in [0.5, 0.6) is 11.5 Å². The molecule has 2 atom stereocenters. The van der Waals surface area contributed by atoms with Gasteiger partial charge in [-0.3, -0.25) is 19.3 Å². The summed E-state index contributed by atoms with van der Waals surface area (Å²) in [6.07, 6.45) is 5.15. The van der Waals surface area contributed by atoms with Gasteiger partial charge in [0, 0.05) is 13.0 Å². The number of hydrogen-bond donors (Lipinski definition) is 1. The first-order chi connectivity index (χ1) is 14.1. The van der Waals surface area contributed by atoms with Gasteiger partial charge in [0.25, 0.3) is 0 Å². The Bertz CT molecular complexity index is 928. The third-order valence-corrected chi connectivity index (χ3v) is 5.29. The van der Waals surface area contributed by atoms with Gasteiger partial charge in [0.1, 0.15) is 5.75 Å². The lowest BCUT2D eigenvalue weighted by molar-refractivity contribution is -0.140. The van der Waals surface area contributed by atoms with Crippen LogP contribution in [0.1, 0.15) is 19.3 Å². The molecule has 2 aromatic rings. The summed E-state index contributed by atoms with van der Waals surface area (Å²) >= 11 is 0. The van der Waals surface area contributed by atoms with Crippen LogP contribution in [-0.2, 0) is 14.4 Å². The van der Waals surface area contributed by atoms with Crippen molar-refractivity contribution in [3.05, 3.63) is 66.7 Å². The molecule has 0 bridgehead atoms. The van der Waals surface area contributed by atoms with Crippen LogP contribution in [0.15, 0.2) is 66.7 Å². The topological polar surface area (TPSA) is 75.7 Å². The number of imide groups is 1. The normalized spacial score (nSPS) is 20.5. The fourth-order valence-electron chi connectivity index (χ4n) is 3.79. The van der Waals surface area contributed by atoms with Gasteiger partial charge >= 0.3 is 0 Å². The van der Waals surface area contributed by atoms with Crippen molar-refractivity contribution in [3.63, 3.8) is 0 Å². The fourth-order valence-corrected chi connectivity index (χ4v) is 3.79. The lowest BCUT2D eigenvalue weighted by Crippen LogP contribution is -2.34. The molecular weight excluding hydrogens is 368 g/mol. The molecule has 0 saturated carbocycles. The second kappa shape index (κ2) is 8.31. The molecule has 1 aliphatic heterocycles. The number of anilines is 1. The van der Waals surface area contributed by atoms with Gasteiger partial charge in [-0.05, 0) is 37.1 Å². The molecule has 2 aliphatic rings. The molecule has 148 valence electrons. The Morgan fingerprint density at radius 3 is 2.24 bits per heavy atom. The Balaban J connectivity index is 1.37. The first-order valence-electron chi connectivity index (χ1n) is 9.75. The number of benzene rings is 2. The van der Waals surface area contributed by atoms with E-state index in [-0.39, 0.29) is 42.5 Å². The number of fused-ring (bicyclic) bond motifs is 1. The number of amides is 3. The summed E-state index contributed by atoms with van der Waals surface area (Å²) in [5, 5.41) is 2.82. The van der Waals surface area contributed by atoms with E-state index in [1.807, 2.05) is 48.6 Å². The summed E-state index contributed by atoms with van der Waals surface area (Å²) < 4.78 is 5.85. The van der Waals surface area contributed by atoms with Crippen molar-refractivity contribution < 1.29 is 19.1 Å². The molecule has 0 spiro atoms. The van der Waals surface area contributed by atoms with Crippen molar-refractivity contribution in [3.8, 4) is 11.5 Å². The zero-order valence-electron chi connectivity index (χ0n) is 15.9. The maximum atomic E-state index is 12.5. The number of ether oxygens (including phenoxy) is 1. The van der Waals surface area contributed by atoms with E-state index in [1.54, 1.807) is 18.2 Å². The highest BCUT2D eigenvalue weighted by Gasteiger charge is 2.46. The van der Waals surface area contributed by atoms with Gasteiger partial charge in [0.05, 0.1) is 17.5 Å². The van der Waals surface area contributed by atoms with Crippen molar-refractivity contribution in [2.45, 2.75) is 19.3 Å². The van der Waals surface area contributed by atoms with Crippen molar-refractivity contribution in [2.75, 3.05) is 11.9 Å². The summed E-state index contributed by atoms with van der Waals surface area (Å²) in [4.78, 5) is 38.7. The highest BCUT2D eigenvalue weighted by molar-refractivity contribution is 6.06. The molecule has 1 heterocycles. The third-order valence-electron chi connectivity index (χ3n) is 5.29. The molecule has 2 aromatic carbocycles. The van der Waals surface area contributed by atoms with E-state index in [9.17, 15) is 14.4 Å². The first-order valence-corrected chi connectivity index (χ1v) is 9.75. The SMILES string of the molecule is O=C(CCN1C(=O)[C@H]2CC=CC[C@H]2C1=O)Nc1ccccc1Oc1ccccc1. The third kappa shape index (κ3) is 4.06. The number of para-hydroxylation sites is 3. The predicted molar refractivity (Wildman–Crippen MR) is 108 cm³/mol. The lowest BCUT2D eigenvalue weighted by Gasteiger charge is -2.15. The van der Waals surface area contributed by atoms with E-state index < -0.39 is 0 Å². The molecule has 1 fully saturated rings. The minimum Gasteiger partial charge on any atom is -0.455 e. The summed E-state index contributed by atoms with van der Waals surface area (Å²) in [6, 6.07) is 16.4. The van der Waals surface area contributed by atoms with Gasteiger partial charge in [-0.25, -0.2) is 0 Å². The Morgan fingerprint density at radius 1 is 0.931 bits per heavy atom. The largest absolute Gasteiger partial charge is 0.455 e. The van der Waals surface area contributed by atoms with Gasteiger partial charge in [-0.1, -0.05) is 42.5 Å². The van der Waals surface area contributed by atoms with Crippen LogP contribution >= 0.6 is 0 Å². The quantitative estimate of drug-likeness (QED) is 0.602. The number of likely N-dealkylation sites (tertiary alicyclic amines) is 1. The van der Waals surface area contributed by atoms with Gasteiger partial charge < -0.3 is 10.1 Å². The van der Waals surface area contributed by atoms with E-state index in [0.717, 1.165) is 0 Å². The summed E-state index contributed by atoms with van der Waals surface area (Å²) in [5.74, 6) is 0.0555. The van der Waals surface area contributed by atoms with Crippen molar-refractivity contribution in [1.82, 2.24) is 4.90 Å². The molecule has 0 unspecified atom stereocenters. The van der Waals surface area contributed by atoms with E-state index in [4.69, 9.17) is 4.74 Å². The second-order valence-electron chi connectivity index (χ2n) is 7.19. The number of carbonyl (C=O) groups is 3. The number of hydrogen-bond acceptors (Lipinski definition) is 4. The molecule has 29 heavy (non-hydrogen) atoms. The monoisotopic (exact) mass is 390 g/mol. The second-order valence-corrected chi connectivity index (χ2v) is 7.19. The fraction of sp³-hybridized carbons (Fsp3) is 0.261. The molecule has 1 N–H and O–H groups in total. The standard InChI is InChI=1S/C23H22N2O4/c26-21(14-15-25-22(27)17-10-4-5-11-18(17)23(25)28)24-19-12-6-7-13-20(19)29-16-8-2-1-3-9-16/h1-9,12-13,17-18H,10-11,14-15H2,(H,24,26)/t17-,18+. The average Bonchev–Trinajstić information content (AvgIpc) is 2.99. The van der Waals surface area contributed by atoms with E-state index in [2.05, 4.69) is 5.32 Å². The van der Waals surface area contributed by atoms with Crippen LogP contribution in [-0.4, -0.2) is 29.2 Å². The zero-order valence-corrected chi connectivity index (χ0v) is 15.9. The van der Waals surface area contributed by atoms with E-state index in [0.29, 0.717) is 30.0 Å². The van der Waals surface area contributed by atoms with Crippen molar-refractivity contribution in [1.29, 1.82) is 0 Å². The number of carbonyl (C=O) groups excluding carboxylic acids is 3. The predicted octanol–water partition coefficient (Wildman–Crippen LogP) is 3.76. The zero-order chi connectivity index (χ0) is 20.2. The smallest absolute Gasteiger partial charge is 0.233 e. The number of nitrogens with one attached hydrogen (secondary N) is 1. The molecule has 1 aliphatic carbocycles. The van der Waals surface area contributed by atoms with E-state index in [1.165, 1.54) is 4.90 Å². The maximum Gasteiger partial charge on any atom is 0.233 e. The molecule has 0 aromatic heterocycles. The number of rotatable bonds is 6. The van der Waals surface area contributed by atoms with Crippen molar-refractivity contribution in [2.24, 2.45) is 11.8 Å². The minimum atomic E-state index is -0.275. The maximum absolute atomic E-state index is 12.5. The van der Waals surface area contributed by atoms with Crippen LogP contribution in [0.3, 0.4) is 0 Å². The molecule has 0 radical (unpaired) electrons. The van der Waals surface area contributed by atoms with Crippen LogP contribution in [0, 0.1) is 11.8 Å². The van der Waals surface area contributed by atoms with Gasteiger partial charge in [0.15, 0.2) is 5.75 Å². The van der Waals surface area contributed by atoms with Crippen molar-refractivity contribution >= 4 is 23.4 Å². The summed E-state index contributed by atoms with van der Waals surface area (Å²) in [7, 11) is 0. The molecule has 6 nitrogen and oxygen atoms in total. The highest BCUT2D eigenvalue weighted by atomic mass is 16.5. The van der Waals surface area contributed by atoms with Crippen LogP contribution in [0.25, 0.3) is 0 Å².